The van der Waals surface area contributed by atoms with Crippen LogP contribution in [-0.4, -0.2) is 31.6 Å². The van der Waals surface area contributed by atoms with Crippen LogP contribution < -0.4 is 20.7 Å². The number of aliphatic imine (C=N–C) groups is 1. The number of guanidine groups is 1. The van der Waals surface area contributed by atoms with Gasteiger partial charge in [0.15, 0.2) is 12.6 Å². The molecular formula is C19H24N4O3. The first-order valence-electron chi connectivity index (χ1n) is 8.71. The number of carbonyl (C=O) groups excluding carboxylic acids is 1. The molecule has 1 saturated carbocycles. The third-order valence-corrected chi connectivity index (χ3v) is 3.90. The van der Waals surface area contributed by atoms with E-state index in [2.05, 4.69) is 20.9 Å². The van der Waals surface area contributed by atoms with E-state index in [4.69, 9.17) is 9.15 Å². The summed E-state index contributed by atoms with van der Waals surface area (Å²) in [4.78, 5) is 15.9. The molecule has 1 aromatic heterocycles. The Morgan fingerprint density at radius 3 is 2.81 bits per heavy atom. The number of amides is 1. The molecule has 3 N–H and O–H groups in total. The summed E-state index contributed by atoms with van der Waals surface area (Å²) in [7, 11) is 1.72. The minimum Gasteiger partial charge on any atom is -0.484 e. The predicted molar refractivity (Wildman–Crippen MR) is 98.8 cm³/mol. The smallest absolute Gasteiger partial charge is 0.258 e. The monoisotopic (exact) mass is 356 g/mol. The van der Waals surface area contributed by atoms with Gasteiger partial charge < -0.3 is 25.1 Å². The Balaban J connectivity index is 1.43. The van der Waals surface area contributed by atoms with Crippen LogP contribution >= 0.6 is 0 Å². The number of furan rings is 1. The van der Waals surface area contributed by atoms with Crippen molar-refractivity contribution in [3.05, 3.63) is 54.0 Å². The van der Waals surface area contributed by atoms with Crippen LogP contribution in [0.2, 0.25) is 0 Å². The van der Waals surface area contributed by atoms with Crippen molar-refractivity contribution in [2.75, 3.05) is 13.7 Å². The lowest BCUT2D eigenvalue weighted by Crippen LogP contribution is -2.36. The zero-order valence-corrected chi connectivity index (χ0v) is 14.8. The largest absolute Gasteiger partial charge is 0.484 e. The van der Waals surface area contributed by atoms with Gasteiger partial charge in [0.1, 0.15) is 11.5 Å². The van der Waals surface area contributed by atoms with Crippen molar-refractivity contribution in [2.45, 2.75) is 32.0 Å². The number of ether oxygens (including phenoxy) is 1. The number of carbonyl (C=O) groups is 1. The molecule has 0 spiro atoms. The van der Waals surface area contributed by atoms with E-state index in [9.17, 15) is 4.79 Å². The molecule has 1 aromatic carbocycles. The number of rotatable bonds is 8. The van der Waals surface area contributed by atoms with E-state index in [0.717, 1.165) is 24.2 Å². The molecule has 26 heavy (non-hydrogen) atoms. The first-order valence-corrected chi connectivity index (χ1v) is 8.71. The van der Waals surface area contributed by atoms with E-state index >= 15 is 0 Å². The van der Waals surface area contributed by atoms with Crippen molar-refractivity contribution in [1.29, 1.82) is 0 Å². The molecular weight excluding hydrogens is 332 g/mol. The number of benzene rings is 1. The van der Waals surface area contributed by atoms with Gasteiger partial charge in [0.2, 0.25) is 0 Å². The van der Waals surface area contributed by atoms with Crippen LogP contribution in [0.5, 0.6) is 5.75 Å². The second-order valence-electron chi connectivity index (χ2n) is 6.14. The lowest BCUT2D eigenvalue weighted by atomic mass is 10.2. The maximum absolute atomic E-state index is 11.7. The highest BCUT2D eigenvalue weighted by Gasteiger charge is 2.23. The van der Waals surface area contributed by atoms with Crippen LogP contribution in [0.15, 0.2) is 52.1 Å². The van der Waals surface area contributed by atoms with E-state index in [-0.39, 0.29) is 12.5 Å². The number of hydrogen-bond acceptors (Lipinski definition) is 4. The highest BCUT2D eigenvalue weighted by molar-refractivity contribution is 5.79. The van der Waals surface area contributed by atoms with Gasteiger partial charge in [-0.25, -0.2) is 0 Å². The van der Waals surface area contributed by atoms with E-state index in [0.29, 0.717) is 30.8 Å². The topological polar surface area (TPSA) is 87.9 Å². The van der Waals surface area contributed by atoms with Crippen molar-refractivity contribution >= 4 is 11.9 Å². The Morgan fingerprint density at radius 2 is 2.08 bits per heavy atom. The summed E-state index contributed by atoms with van der Waals surface area (Å²) in [5, 5.41) is 9.32. The summed E-state index contributed by atoms with van der Waals surface area (Å²) in [6.07, 6.45) is 3.79. The first-order chi connectivity index (χ1) is 12.7. The number of nitrogens with one attached hydrogen (secondary N) is 3. The maximum Gasteiger partial charge on any atom is 0.258 e. The molecule has 2 aromatic rings. The van der Waals surface area contributed by atoms with Crippen molar-refractivity contribution in [1.82, 2.24) is 16.0 Å². The number of nitrogens with zero attached hydrogens (tertiary/aromatic N) is 1. The lowest BCUT2D eigenvalue weighted by molar-refractivity contribution is -0.123. The molecule has 1 amide bonds. The second kappa shape index (κ2) is 8.94. The summed E-state index contributed by atoms with van der Waals surface area (Å²) in [5.74, 6) is 2.12. The van der Waals surface area contributed by atoms with Crippen LogP contribution in [0.4, 0.5) is 0 Å². The SMILES string of the molecule is CN=C(NCc1cccc(OCC(=O)NC2CC2)c1)NCc1ccco1. The Hall–Kier alpha value is -2.96. The standard InChI is InChI=1S/C19H24N4O3/c1-20-19(22-12-17-6-3-9-25-17)21-11-14-4-2-5-16(10-14)26-13-18(24)23-15-7-8-15/h2-6,9-10,15H,7-8,11-13H2,1H3,(H,23,24)(H2,20,21,22). The van der Waals surface area contributed by atoms with Crippen LogP contribution in [0.3, 0.4) is 0 Å². The Kier molecular flexibility index (Phi) is 6.14. The normalized spacial score (nSPS) is 14.0. The predicted octanol–water partition coefficient (Wildman–Crippen LogP) is 1.80. The second-order valence-corrected chi connectivity index (χ2v) is 6.14. The molecule has 1 fully saturated rings. The molecule has 7 nitrogen and oxygen atoms in total. The van der Waals surface area contributed by atoms with Gasteiger partial charge in [0.05, 0.1) is 12.8 Å². The van der Waals surface area contributed by atoms with Crippen LogP contribution in [0.1, 0.15) is 24.2 Å². The fourth-order valence-electron chi connectivity index (χ4n) is 2.38. The van der Waals surface area contributed by atoms with Gasteiger partial charge >= 0.3 is 0 Å². The summed E-state index contributed by atoms with van der Waals surface area (Å²) in [6, 6.07) is 11.8. The fourth-order valence-corrected chi connectivity index (χ4v) is 2.38. The average molecular weight is 356 g/mol. The zero-order valence-electron chi connectivity index (χ0n) is 14.8. The summed E-state index contributed by atoms with van der Waals surface area (Å²) in [6.45, 7) is 1.19. The maximum atomic E-state index is 11.7. The molecule has 0 saturated heterocycles. The van der Waals surface area contributed by atoms with Crippen molar-refractivity contribution in [3.63, 3.8) is 0 Å². The molecule has 1 aliphatic rings. The third-order valence-electron chi connectivity index (χ3n) is 3.90. The fraction of sp³-hybridized carbons (Fsp3) is 0.368. The molecule has 7 heteroatoms. The van der Waals surface area contributed by atoms with Crippen LogP contribution in [-0.2, 0) is 17.9 Å². The first kappa shape index (κ1) is 17.8. The molecule has 0 aliphatic heterocycles. The lowest BCUT2D eigenvalue weighted by Gasteiger charge is -2.12. The number of hydrogen-bond donors (Lipinski definition) is 3. The van der Waals surface area contributed by atoms with E-state index in [1.807, 2.05) is 36.4 Å². The van der Waals surface area contributed by atoms with Crippen LogP contribution in [0.25, 0.3) is 0 Å². The van der Waals surface area contributed by atoms with Gasteiger partial charge in [-0.15, -0.1) is 0 Å². The van der Waals surface area contributed by atoms with Gasteiger partial charge in [0, 0.05) is 19.6 Å². The Labute approximate surface area is 152 Å². The quantitative estimate of drug-likeness (QED) is 0.496. The summed E-state index contributed by atoms with van der Waals surface area (Å²) >= 11 is 0. The molecule has 138 valence electrons. The Bertz CT molecular complexity index is 739. The molecule has 3 rings (SSSR count). The van der Waals surface area contributed by atoms with Crippen molar-refractivity contribution in [2.24, 2.45) is 4.99 Å². The summed E-state index contributed by atoms with van der Waals surface area (Å²) < 4.78 is 10.9. The van der Waals surface area contributed by atoms with E-state index < -0.39 is 0 Å². The van der Waals surface area contributed by atoms with Gasteiger partial charge in [-0.1, -0.05) is 12.1 Å². The van der Waals surface area contributed by atoms with Crippen molar-refractivity contribution < 1.29 is 13.9 Å². The minimum atomic E-state index is -0.0708. The van der Waals surface area contributed by atoms with Gasteiger partial charge in [-0.2, -0.15) is 0 Å². The van der Waals surface area contributed by atoms with Gasteiger partial charge in [-0.3, -0.25) is 9.79 Å². The minimum absolute atomic E-state index is 0.0414. The van der Waals surface area contributed by atoms with E-state index in [1.54, 1.807) is 13.3 Å². The molecule has 0 bridgehead atoms. The highest BCUT2D eigenvalue weighted by atomic mass is 16.5. The van der Waals surface area contributed by atoms with Crippen LogP contribution in [0, 0.1) is 0 Å². The zero-order chi connectivity index (χ0) is 18.2. The molecule has 1 aliphatic carbocycles. The molecule has 0 atom stereocenters. The van der Waals surface area contributed by atoms with Gasteiger partial charge in [-0.05, 0) is 42.7 Å². The molecule has 0 radical (unpaired) electrons. The van der Waals surface area contributed by atoms with Crippen molar-refractivity contribution in [3.8, 4) is 5.75 Å². The molecule has 0 unspecified atom stereocenters. The average Bonchev–Trinajstić information content (AvgIpc) is 3.31. The van der Waals surface area contributed by atoms with E-state index in [1.165, 1.54) is 0 Å². The Morgan fingerprint density at radius 1 is 1.23 bits per heavy atom. The summed E-state index contributed by atoms with van der Waals surface area (Å²) in [5.41, 5.74) is 1.03. The highest BCUT2D eigenvalue weighted by Crippen LogP contribution is 2.18. The van der Waals surface area contributed by atoms with Gasteiger partial charge in [0.25, 0.3) is 5.91 Å². The molecule has 1 heterocycles. The third kappa shape index (κ3) is 5.84.